The first-order valence-electron chi connectivity index (χ1n) is 6.39. The molecule has 0 radical (unpaired) electrons. The number of halogens is 1. The van der Waals surface area contributed by atoms with E-state index in [0.717, 1.165) is 24.8 Å². The van der Waals surface area contributed by atoms with Crippen LogP contribution in [0.4, 0.5) is 4.39 Å². The predicted octanol–water partition coefficient (Wildman–Crippen LogP) is 4.47. The van der Waals surface area contributed by atoms with Crippen LogP contribution in [0.15, 0.2) is 18.2 Å². The molecule has 1 aliphatic carbocycles. The maximum atomic E-state index is 13.8. The van der Waals surface area contributed by atoms with Crippen LogP contribution in [-0.2, 0) is 11.8 Å². The second kappa shape index (κ2) is 4.20. The summed E-state index contributed by atoms with van der Waals surface area (Å²) in [4.78, 5) is 0. The van der Waals surface area contributed by atoms with E-state index in [1.165, 1.54) is 12.0 Å². The maximum Gasteiger partial charge on any atom is 0.126 e. The highest BCUT2D eigenvalue weighted by Crippen LogP contribution is 2.45. The van der Waals surface area contributed by atoms with Gasteiger partial charge in [-0.05, 0) is 54.2 Å². The van der Waals surface area contributed by atoms with Crippen molar-refractivity contribution < 1.29 is 4.39 Å². The Hall–Kier alpha value is -0.850. The highest BCUT2D eigenvalue weighted by atomic mass is 19.1. The van der Waals surface area contributed by atoms with Gasteiger partial charge in [-0.1, -0.05) is 32.9 Å². The first-order valence-corrected chi connectivity index (χ1v) is 6.39. The minimum absolute atomic E-state index is 0.00400. The Balaban J connectivity index is 2.58. The molecular weight excluding hydrogens is 199 g/mol. The molecule has 0 aromatic heterocycles. The van der Waals surface area contributed by atoms with Crippen LogP contribution >= 0.6 is 0 Å². The quantitative estimate of drug-likeness (QED) is 0.690. The average Bonchev–Trinajstić information content (AvgIpc) is 2.28. The van der Waals surface area contributed by atoms with Gasteiger partial charge in [-0.3, -0.25) is 0 Å². The number of hydrogen-bond donors (Lipinski definition) is 0. The molecule has 1 aromatic carbocycles. The molecule has 0 heterocycles. The molecule has 1 aromatic rings. The van der Waals surface area contributed by atoms with Crippen molar-refractivity contribution in [3.8, 4) is 0 Å². The lowest BCUT2D eigenvalue weighted by molar-refractivity contribution is 0.250. The van der Waals surface area contributed by atoms with Crippen molar-refractivity contribution in [2.75, 3.05) is 0 Å². The molecule has 0 saturated carbocycles. The summed E-state index contributed by atoms with van der Waals surface area (Å²) in [6, 6.07) is 5.61. The predicted molar refractivity (Wildman–Crippen MR) is 66.1 cm³/mol. The molecule has 0 amide bonds. The van der Waals surface area contributed by atoms with Gasteiger partial charge in [0, 0.05) is 0 Å². The van der Waals surface area contributed by atoms with E-state index < -0.39 is 0 Å². The third-order valence-corrected chi connectivity index (χ3v) is 4.44. The number of benzene rings is 1. The summed E-state index contributed by atoms with van der Waals surface area (Å²) in [6.07, 6.45) is 4.36. The molecule has 1 heteroatoms. The summed E-state index contributed by atoms with van der Waals surface area (Å²) in [6.45, 7) is 6.77. The zero-order valence-electron chi connectivity index (χ0n) is 10.5. The second-order valence-electron chi connectivity index (χ2n) is 5.28. The van der Waals surface area contributed by atoms with Gasteiger partial charge in [0.2, 0.25) is 0 Å². The van der Waals surface area contributed by atoms with E-state index in [4.69, 9.17) is 0 Å². The molecular formula is C15H21F. The first kappa shape index (κ1) is 11.6. The van der Waals surface area contributed by atoms with Crippen molar-refractivity contribution in [2.24, 2.45) is 5.92 Å². The summed E-state index contributed by atoms with van der Waals surface area (Å²) >= 11 is 0. The fraction of sp³-hybridized carbons (Fsp3) is 0.600. The fourth-order valence-electron chi connectivity index (χ4n) is 3.37. The molecule has 0 fully saturated rings. The Morgan fingerprint density at radius 3 is 2.75 bits per heavy atom. The Labute approximate surface area is 97.9 Å². The third-order valence-electron chi connectivity index (χ3n) is 4.44. The van der Waals surface area contributed by atoms with Crippen LogP contribution in [0.5, 0.6) is 0 Å². The van der Waals surface area contributed by atoms with Crippen molar-refractivity contribution in [2.45, 2.75) is 51.9 Å². The van der Waals surface area contributed by atoms with E-state index in [-0.39, 0.29) is 11.2 Å². The van der Waals surface area contributed by atoms with E-state index in [2.05, 4.69) is 26.8 Å². The molecule has 1 atom stereocenters. The summed E-state index contributed by atoms with van der Waals surface area (Å²) in [7, 11) is 0. The monoisotopic (exact) mass is 220 g/mol. The fourth-order valence-corrected chi connectivity index (χ4v) is 3.37. The van der Waals surface area contributed by atoms with Gasteiger partial charge in [0.15, 0.2) is 0 Å². The first-order chi connectivity index (χ1) is 7.62. The van der Waals surface area contributed by atoms with Gasteiger partial charge in [0.25, 0.3) is 0 Å². The van der Waals surface area contributed by atoms with Gasteiger partial charge >= 0.3 is 0 Å². The Bertz CT molecular complexity index is 381. The van der Waals surface area contributed by atoms with Crippen molar-refractivity contribution in [1.82, 2.24) is 0 Å². The van der Waals surface area contributed by atoms with Crippen molar-refractivity contribution >= 4 is 0 Å². The highest BCUT2D eigenvalue weighted by Gasteiger charge is 2.38. The molecule has 0 nitrogen and oxygen atoms in total. The molecule has 16 heavy (non-hydrogen) atoms. The largest absolute Gasteiger partial charge is 0.207 e. The van der Waals surface area contributed by atoms with E-state index in [0.29, 0.717) is 5.92 Å². The molecule has 0 N–H and O–H groups in total. The van der Waals surface area contributed by atoms with Crippen LogP contribution in [0.25, 0.3) is 0 Å². The van der Waals surface area contributed by atoms with E-state index in [1.54, 1.807) is 6.07 Å². The zero-order valence-corrected chi connectivity index (χ0v) is 10.5. The Morgan fingerprint density at radius 1 is 1.38 bits per heavy atom. The van der Waals surface area contributed by atoms with Gasteiger partial charge < -0.3 is 0 Å². The maximum absolute atomic E-state index is 13.8. The van der Waals surface area contributed by atoms with E-state index in [9.17, 15) is 4.39 Å². The van der Waals surface area contributed by atoms with Crippen molar-refractivity contribution in [3.63, 3.8) is 0 Å². The molecule has 0 bridgehead atoms. The molecule has 2 rings (SSSR count). The van der Waals surface area contributed by atoms with Gasteiger partial charge in [0.1, 0.15) is 5.82 Å². The van der Waals surface area contributed by atoms with Crippen LogP contribution in [0.1, 0.15) is 51.2 Å². The van der Waals surface area contributed by atoms with Gasteiger partial charge in [-0.25, -0.2) is 4.39 Å². The second-order valence-corrected chi connectivity index (χ2v) is 5.28. The molecule has 88 valence electrons. The van der Waals surface area contributed by atoms with Crippen LogP contribution in [0.2, 0.25) is 0 Å². The lowest BCUT2D eigenvalue weighted by Gasteiger charge is -2.42. The number of hydrogen-bond acceptors (Lipinski definition) is 0. The molecule has 0 aliphatic heterocycles. The minimum Gasteiger partial charge on any atom is -0.207 e. The van der Waals surface area contributed by atoms with Crippen molar-refractivity contribution in [3.05, 3.63) is 35.1 Å². The van der Waals surface area contributed by atoms with Crippen LogP contribution in [-0.4, -0.2) is 0 Å². The summed E-state index contributed by atoms with van der Waals surface area (Å²) < 4.78 is 13.8. The summed E-state index contributed by atoms with van der Waals surface area (Å²) in [5, 5.41) is 0. The number of fused-ring (bicyclic) bond motifs is 1. The topological polar surface area (TPSA) is 0 Å². The molecule has 0 spiro atoms. The molecule has 0 saturated heterocycles. The lowest BCUT2D eigenvalue weighted by atomic mass is 9.62. The average molecular weight is 220 g/mol. The summed E-state index contributed by atoms with van der Waals surface area (Å²) in [5.74, 6) is 0.578. The third kappa shape index (κ3) is 1.57. The molecule has 1 unspecified atom stereocenters. The molecule has 1 aliphatic rings. The van der Waals surface area contributed by atoms with Crippen molar-refractivity contribution in [1.29, 1.82) is 0 Å². The van der Waals surface area contributed by atoms with Gasteiger partial charge in [-0.2, -0.15) is 0 Å². The van der Waals surface area contributed by atoms with Crippen LogP contribution in [0.3, 0.4) is 0 Å². The van der Waals surface area contributed by atoms with Gasteiger partial charge in [-0.15, -0.1) is 0 Å². The summed E-state index contributed by atoms with van der Waals surface area (Å²) in [5.41, 5.74) is 2.45. The van der Waals surface area contributed by atoms with Gasteiger partial charge in [0.05, 0.1) is 0 Å². The Kier molecular flexibility index (Phi) is 3.05. The van der Waals surface area contributed by atoms with Crippen LogP contribution in [0, 0.1) is 11.7 Å². The smallest absolute Gasteiger partial charge is 0.126 e. The van der Waals surface area contributed by atoms with E-state index >= 15 is 0 Å². The Morgan fingerprint density at radius 2 is 2.12 bits per heavy atom. The standard InChI is InChI=1S/C15H21F/c1-4-15(11(2)3)10-6-7-12-13(15)8-5-9-14(12)16/h5,8-9,11H,4,6-7,10H2,1-3H3. The minimum atomic E-state index is -0.00400. The highest BCUT2D eigenvalue weighted by molar-refractivity contribution is 5.38. The number of rotatable bonds is 2. The lowest BCUT2D eigenvalue weighted by Crippen LogP contribution is -2.36. The SMILES string of the molecule is CCC1(C(C)C)CCCc2c(F)cccc21. The van der Waals surface area contributed by atoms with E-state index in [1.807, 2.05) is 6.07 Å². The normalized spacial score (nSPS) is 24.6. The zero-order chi connectivity index (χ0) is 11.8. The van der Waals surface area contributed by atoms with Crippen LogP contribution < -0.4 is 0 Å².